The van der Waals surface area contributed by atoms with E-state index < -0.39 is 0 Å². The number of nitrogens with zero attached hydrogens (tertiary/aromatic N) is 1. The fraction of sp³-hybridized carbons (Fsp3) is 0.467. The number of nitriles is 1. The molecule has 0 spiro atoms. The van der Waals surface area contributed by atoms with Gasteiger partial charge >= 0.3 is 0 Å². The van der Waals surface area contributed by atoms with E-state index in [1.165, 1.54) is 12.8 Å². The van der Waals surface area contributed by atoms with Gasteiger partial charge in [-0.2, -0.15) is 5.26 Å². The third-order valence-electron chi connectivity index (χ3n) is 3.55. The Labute approximate surface area is 127 Å². The van der Waals surface area contributed by atoms with Gasteiger partial charge in [0.05, 0.1) is 11.3 Å². The van der Waals surface area contributed by atoms with Gasteiger partial charge in [-0.25, -0.2) is 0 Å². The summed E-state index contributed by atoms with van der Waals surface area (Å²) in [6, 6.07) is 7.34. The Morgan fingerprint density at radius 3 is 3.10 bits per heavy atom. The van der Waals surface area contributed by atoms with E-state index in [2.05, 4.69) is 32.6 Å². The van der Waals surface area contributed by atoms with Crippen molar-refractivity contribution in [3.63, 3.8) is 0 Å². The SMILES string of the molecule is N#Cc1ccc(Br)cc1NC(=O)CCC1CCCNC1. The minimum Gasteiger partial charge on any atom is -0.325 e. The predicted octanol–water partition coefficient (Wildman–Crippen LogP) is 3.04. The highest BCUT2D eigenvalue weighted by Gasteiger charge is 2.15. The highest BCUT2D eigenvalue weighted by Crippen LogP contribution is 2.22. The summed E-state index contributed by atoms with van der Waals surface area (Å²) in [7, 11) is 0. The van der Waals surface area contributed by atoms with E-state index in [1.807, 2.05) is 0 Å². The number of hydrogen-bond acceptors (Lipinski definition) is 3. The lowest BCUT2D eigenvalue weighted by atomic mass is 9.94. The fourth-order valence-corrected chi connectivity index (χ4v) is 2.80. The van der Waals surface area contributed by atoms with Crippen LogP contribution in [0, 0.1) is 17.2 Å². The van der Waals surface area contributed by atoms with E-state index in [0.29, 0.717) is 23.6 Å². The quantitative estimate of drug-likeness (QED) is 0.888. The van der Waals surface area contributed by atoms with Crippen molar-refractivity contribution in [3.05, 3.63) is 28.2 Å². The van der Waals surface area contributed by atoms with Gasteiger partial charge in [0.15, 0.2) is 0 Å². The standard InChI is InChI=1S/C15H18BrN3O/c16-13-5-4-12(9-17)14(8-13)19-15(20)6-3-11-2-1-7-18-10-11/h4-5,8,11,18H,1-3,6-7,10H2,(H,19,20). The van der Waals surface area contributed by atoms with Gasteiger partial charge in [-0.05, 0) is 56.5 Å². The Kier molecular flexibility index (Phi) is 5.57. The number of benzene rings is 1. The van der Waals surface area contributed by atoms with Gasteiger partial charge in [-0.1, -0.05) is 15.9 Å². The summed E-state index contributed by atoms with van der Waals surface area (Å²) in [5, 5.41) is 15.2. The number of rotatable bonds is 4. The van der Waals surface area contributed by atoms with Crippen molar-refractivity contribution >= 4 is 27.5 Å². The lowest BCUT2D eigenvalue weighted by Crippen LogP contribution is -2.30. The van der Waals surface area contributed by atoms with Crippen LogP contribution in [-0.4, -0.2) is 19.0 Å². The molecule has 1 aliphatic heterocycles. The summed E-state index contributed by atoms with van der Waals surface area (Å²) < 4.78 is 0.850. The van der Waals surface area contributed by atoms with E-state index in [9.17, 15) is 4.79 Å². The maximum Gasteiger partial charge on any atom is 0.224 e. The van der Waals surface area contributed by atoms with Gasteiger partial charge < -0.3 is 10.6 Å². The summed E-state index contributed by atoms with van der Waals surface area (Å²) >= 11 is 3.35. The zero-order chi connectivity index (χ0) is 14.4. The summed E-state index contributed by atoms with van der Waals surface area (Å²) in [5.41, 5.74) is 1.06. The van der Waals surface area contributed by atoms with Crippen LogP contribution >= 0.6 is 15.9 Å². The molecule has 0 saturated carbocycles. The molecule has 2 rings (SSSR count). The van der Waals surface area contributed by atoms with Crippen LogP contribution in [0.2, 0.25) is 0 Å². The largest absolute Gasteiger partial charge is 0.325 e. The van der Waals surface area contributed by atoms with Crippen LogP contribution in [0.25, 0.3) is 0 Å². The zero-order valence-electron chi connectivity index (χ0n) is 11.3. The van der Waals surface area contributed by atoms with Crippen LogP contribution in [0.15, 0.2) is 22.7 Å². The Bertz CT molecular complexity index is 518. The van der Waals surface area contributed by atoms with Crippen molar-refractivity contribution in [2.75, 3.05) is 18.4 Å². The lowest BCUT2D eigenvalue weighted by Gasteiger charge is -2.22. The molecule has 0 bridgehead atoms. The Morgan fingerprint density at radius 1 is 1.55 bits per heavy atom. The number of piperidine rings is 1. The van der Waals surface area contributed by atoms with Crippen LogP contribution < -0.4 is 10.6 Å². The van der Waals surface area contributed by atoms with Gasteiger partial charge in [0, 0.05) is 10.9 Å². The molecule has 1 saturated heterocycles. The van der Waals surface area contributed by atoms with Crippen LogP contribution in [0.1, 0.15) is 31.2 Å². The number of hydrogen-bond donors (Lipinski definition) is 2. The van der Waals surface area contributed by atoms with Crippen LogP contribution in [-0.2, 0) is 4.79 Å². The van der Waals surface area contributed by atoms with Gasteiger partial charge in [0.2, 0.25) is 5.91 Å². The van der Waals surface area contributed by atoms with Crippen molar-refractivity contribution in [2.45, 2.75) is 25.7 Å². The number of carbonyl (C=O) groups is 1. The summed E-state index contributed by atoms with van der Waals surface area (Å²) in [5.74, 6) is 0.567. The molecule has 1 heterocycles. The molecular weight excluding hydrogens is 318 g/mol. The molecule has 106 valence electrons. The minimum absolute atomic E-state index is 0.0230. The first kappa shape index (κ1) is 15.0. The van der Waals surface area contributed by atoms with E-state index in [4.69, 9.17) is 5.26 Å². The fourth-order valence-electron chi connectivity index (χ4n) is 2.44. The molecule has 1 amide bonds. The molecule has 0 aromatic heterocycles. The van der Waals surface area contributed by atoms with E-state index in [-0.39, 0.29) is 5.91 Å². The Hall–Kier alpha value is -1.38. The van der Waals surface area contributed by atoms with Crippen LogP contribution in [0.4, 0.5) is 5.69 Å². The molecule has 1 atom stereocenters. The first-order valence-corrected chi connectivity index (χ1v) is 7.68. The molecule has 1 fully saturated rings. The smallest absolute Gasteiger partial charge is 0.224 e. The van der Waals surface area contributed by atoms with Crippen molar-refractivity contribution in [1.29, 1.82) is 5.26 Å². The van der Waals surface area contributed by atoms with Crippen molar-refractivity contribution < 1.29 is 4.79 Å². The Morgan fingerprint density at radius 2 is 2.40 bits per heavy atom. The van der Waals surface area contributed by atoms with Crippen molar-refractivity contribution in [2.24, 2.45) is 5.92 Å². The third-order valence-corrected chi connectivity index (χ3v) is 4.05. The number of nitrogens with one attached hydrogen (secondary N) is 2. The maximum atomic E-state index is 12.0. The van der Waals surface area contributed by atoms with Crippen molar-refractivity contribution in [3.8, 4) is 6.07 Å². The third kappa shape index (κ3) is 4.32. The van der Waals surface area contributed by atoms with E-state index >= 15 is 0 Å². The molecule has 0 radical (unpaired) electrons. The normalized spacial score (nSPS) is 18.3. The first-order chi connectivity index (χ1) is 9.69. The average Bonchev–Trinajstić information content (AvgIpc) is 2.46. The average molecular weight is 336 g/mol. The summed E-state index contributed by atoms with van der Waals surface area (Å²) in [6.07, 6.45) is 3.79. The number of anilines is 1. The number of halogens is 1. The Balaban J connectivity index is 1.88. The van der Waals surface area contributed by atoms with Gasteiger partial charge in [-0.15, -0.1) is 0 Å². The molecule has 2 N–H and O–H groups in total. The number of carbonyl (C=O) groups excluding carboxylic acids is 1. The molecule has 4 nitrogen and oxygen atoms in total. The molecule has 1 unspecified atom stereocenters. The zero-order valence-corrected chi connectivity index (χ0v) is 12.9. The second-order valence-corrected chi connectivity index (χ2v) is 6.02. The monoisotopic (exact) mass is 335 g/mol. The molecular formula is C15H18BrN3O. The molecule has 5 heteroatoms. The molecule has 20 heavy (non-hydrogen) atoms. The highest BCUT2D eigenvalue weighted by molar-refractivity contribution is 9.10. The molecule has 1 aromatic rings. The predicted molar refractivity (Wildman–Crippen MR) is 82.3 cm³/mol. The van der Waals surface area contributed by atoms with E-state index in [1.54, 1.807) is 18.2 Å². The van der Waals surface area contributed by atoms with Gasteiger partial charge in [0.25, 0.3) is 0 Å². The molecule has 0 aliphatic carbocycles. The van der Waals surface area contributed by atoms with Gasteiger partial charge in [-0.3, -0.25) is 4.79 Å². The summed E-state index contributed by atoms with van der Waals surface area (Å²) in [6.45, 7) is 2.10. The second kappa shape index (κ2) is 7.41. The lowest BCUT2D eigenvalue weighted by molar-refractivity contribution is -0.116. The number of amides is 1. The molecule has 1 aromatic carbocycles. The first-order valence-electron chi connectivity index (χ1n) is 6.89. The van der Waals surface area contributed by atoms with Gasteiger partial charge in [0.1, 0.15) is 6.07 Å². The minimum atomic E-state index is -0.0230. The topological polar surface area (TPSA) is 64.9 Å². The van der Waals surface area contributed by atoms with Crippen LogP contribution in [0.5, 0.6) is 0 Å². The van der Waals surface area contributed by atoms with Crippen molar-refractivity contribution in [1.82, 2.24) is 5.32 Å². The summed E-state index contributed by atoms with van der Waals surface area (Å²) in [4.78, 5) is 12.0. The van der Waals surface area contributed by atoms with E-state index in [0.717, 1.165) is 24.0 Å². The molecule has 1 aliphatic rings. The second-order valence-electron chi connectivity index (χ2n) is 5.10. The van der Waals surface area contributed by atoms with Crippen LogP contribution in [0.3, 0.4) is 0 Å². The highest BCUT2D eigenvalue weighted by atomic mass is 79.9. The maximum absolute atomic E-state index is 12.0.